The van der Waals surface area contributed by atoms with Crippen molar-refractivity contribution in [3.05, 3.63) is 95.6 Å². The average Bonchev–Trinajstić information content (AvgIpc) is 3.22. The summed E-state index contributed by atoms with van der Waals surface area (Å²) in [7, 11) is 1.98. The lowest BCUT2D eigenvalue weighted by Crippen LogP contribution is -2.37. The lowest BCUT2D eigenvalue weighted by Gasteiger charge is -2.28. The van der Waals surface area contributed by atoms with Crippen LogP contribution in [-0.4, -0.2) is 31.2 Å². The highest BCUT2D eigenvalue weighted by atomic mass is 16.7. The fourth-order valence-electron chi connectivity index (χ4n) is 3.60. The van der Waals surface area contributed by atoms with Crippen LogP contribution in [0.25, 0.3) is 0 Å². The number of amides is 1. The first kappa shape index (κ1) is 19.0. The molecule has 148 valence electrons. The highest BCUT2D eigenvalue weighted by Crippen LogP contribution is 2.32. The third-order valence-corrected chi connectivity index (χ3v) is 4.99. The van der Waals surface area contributed by atoms with E-state index in [1.807, 2.05) is 61.6 Å². The van der Waals surface area contributed by atoms with Crippen molar-refractivity contribution in [3.8, 4) is 11.5 Å². The molecular formula is C24H24N2O3. The van der Waals surface area contributed by atoms with E-state index in [1.165, 1.54) is 0 Å². The third kappa shape index (κ3) is 4.58. The van der Waals surface area contributed by atoms with E-state index in [0.29, 0.717) is 13.1 Å². The Morgan fingerprint density at radius 3 is 2.21 bits per heavy atom. The molecule has 1 amide bonds. The van der Waals surface area contributed by atoms with Crippen LogP contribution in [0.1, 0.15) is 22.7 Å². The van der Waals surface area contributed by atoms with Gasteiger partial charge in [-0.3, -0.25) is 9.69 Å². The molecule has 1 heterocycles. The van der Waals surface area contributed by atoms with E-state index in [1.54, 1.807) is 0 Å². The largest absolute Gasteiger partial charge is 0.454 e. The van der Waals surface area contributed by atoms with Gasteiger partial charge in [0.25, 0.3) is 0 Å². The number of ether oxygens (including phenoxy) is 2. The zero-order valence-electron chi connectivity index (χ0n) is 16.4. The Morgan fingerprint density at radius 2 is 1.55 bits per heavy atom. The van der Waals surface area contributed by atoms with Crippen molar-refractivity contribution in [1.29, 1.82) is 0 Å². The second-order valence-electron chi connectivity index (χ2n) is 7.10. The summed E-state index contributed by atoms with van der Waals surface area (Å²) < 4.78 is 10.7. The molecule has 0 aliphatic carbocycles. The van der Waals surface area contributed by atoms with Gasteiger partial charge in [0, 0.05) is 6.54 Å². The lowest BCUT2D eigenvalue weighted by atomic mass is 9.97. The van der Waals surface area contributed by atoms with Crippen LogP contribution in [-0.2, 0) is 11.3 Å². The summed E-state index contributed by atoms with van der Waals surface area (Å²) in [6, 6.07) is 26.2. The highest BCUT2D eigenvalue weighted by molar-refractivity contribution is 5.78. The molecule has 4 rings (SSSR count). The molecule has 1 aliphatic heterocycles. The zero-order valence-corrected chi connectivity index (χ0v) is 16.4. The molecule has 1 aliphatic rings. The summed E-state index contributed by atoms with van der Waals surface area (Å²) in [6.07, 6.45) is 0. The van der Waals surface area contributed by atoms with Crippen molar-refractivity contribution < 1.29 is 14.3 Å². The van der Waals surface area contributed by atoms with Crippen LogP contribution in [0.3, 0.4) is 0 Å². The minimum absolute atomic E-state index is 0.00805. The second-order valence-corrected chi connectivity index (χ2v) is 7.10. The molecule has 3 aromatic carbocycles. The van der Waals surface area contributed by atoms with Crippen LogP contribution in [0.4, 0.5) is 0 Å². The quantitative estimate of drug-likeness (QED) is 0.670. The molecule has 1 N–H and O–H groups in total. The van der Waals surface area contributed by atoms with Gasteiger partial charge in [0.2, 0.25) is 12.7 Å². The number of nitrogens with zero attached hydrogens (tertiary/aromatic N) is 1. The number of carbonyl (C=O) groups excluding carboxylic acids is 1. The number of hydrogen-bond acceptors (Lipinski definition) is 4. The number of fused-ring (bicyclic) bond motifs is 1. The molecule has 3 aromatic rings. The van der Waals surface area contributed by atoms with Gasteiger partial charge in [0.05, 0.1) is 12.6 Å². The first-order valence-electron chi connectivity index (χ1n) is 9.66. The van der Waals surface area contributed by atoms with E-state index in [9.17, 15) is 4.79 Å². The van der Waals surface area contributed by atoms with Crippen molar-refractivity contribution in [2.75, 3.05) is 20.4 Å². The van der Waals surface area contributed by atoms with E-state index in [2.05, 4.69) is 34.5 Å². The van der Waals surface area contributed by atoms with E-state index in [0.717, 1.165) is 28.2 Å². The molecule has 0 spiro atoms. The van der Waals surface area contributed by atoms with Crippen molar-refractivity contribution in [2.45, 2.75) is 12.6 Å². The minimum Gasteiger partial charge on any atom is -0.454 e. The van der Waals surface area contributed by atoms with Gasteiger partial charge >= 0.3 is 0 Å². The summed E-state index contributed by atoms with van der Waals surface area (Å²) in [6.45, 7) is 0.986. The molecule has 29 heavy (non-hydrogen) atoms. The third-order valence-electron chi connectivity index (χ3n) is 4.99. The first-order chi connectivity index (χ1) is 14.2. The van der Waals surface area contributed by atoms with Crippen LogP contribution in [0, 0.1) is 0 Å². The maximum Gasteiger partial charge on any atom is 0.234 e. The lowest BCUT2D eigenvalue weighted by molar-refractivity contribution is -0.122. The Hall–Kier alpha value is -3.31. The van der Waals surface area contributed by atoms with Gasteiger partial charge in [0.15, 0.2) is 11.5 Å². The van der Waals surface area contributed by atoms with Crippen molar-refractivity contribution in [1.82, 2.24) is 10.2 Å². The molecule has 0 saturated carbocycles. The maximum atomic E-state index is 12.6. The molecule has 0 atom stereocenters. The smallest absolute Gasteiger partial charge is 0.234 e. The molecule has 0 fully saturated rings. The monoisotopic (exact) mass is 388 g/mol. The van der Waals surface area contributed by atoms with Gasteiger partial charge in [-0.2, -0.15) is 0 Å². The highest BCUT2D eigenvalue weighted by Gasteiger charge is 2.21. The summed E-state index contributed by atoms with van der Waals surface area (Å²) >= 11 is 0. The minimum atomic E-state index is -0.0259. The van der Waals surface area contributed by atoms with Crippen LogP contribution in [0.2, 0.25) is 0 Å². The average molecular weight is 388 g/mol. The van der Waals surface area contributed by atoms with Gasteiger partial charge < -0.3 is 14.8 Å². The fraction of sp³-hybridized carbons (Fsp3) is 0.208. The normalized spacial score (nSPS) is 12.4. The molecule has 0 bridgehead atoms. The summed E-state index contributed by atoms with van der Waals surface area (Å²) in [5.41, 5.74) is 3.29. The number of nitrogens with one attached hydrogen (secondary N) is 1. The Bertz CT molecular complexity index is 921. The van der Waals surface area contributed by atoms with E-state index < -0.39 is 0 Å². The van der Waals surface area contributed by atoms with E-state index in [4.69, 9.17) is 9.47 Å². The van der Waals surface area contributed by atoms with Crippen LogP contribution >= 0.6 is 0 Å². The van der Waals surface area contributed by atoms with Gasteiger partial charge in [-0.1, -0.05) is 66.7 Å². The van der Waals surface area contributed by atoms with Crippen LogP contribution in [0.5, 0.6) is 11.5 Å². The molecule has 0 unspecified atom stereocenters. The molecule has 5 nitrogen and oxygen atoms in total. The molecular weight excluding hydrogens is 364 g/mol. The second kappa shape index (κ2) is 8.80. The van der Waals surface area contributed by atoms with Crippen molar-refractivity contribution in [2.24, 2.45) is 0 Å². The predicted molar refractivity (Wildman–Crippen MR) is 112 cm³/mol. The summed E-state index contributed by atoms with van der Waals surface area (Å²) in [5, 5.41) is 3.00. The Labute approximate surface area is 170 Å². The fourth-order valence-corrected chi connectivity index (χ4v) is 3.60. The van der Waals surface area contributed by atoms with Gasteiger partial charge in [-0.05, 0) is 35.9 Å². The standard InChI is InChI=1S/C24H24N2O3/c1-26(24(19-8-4-2-5-9-19)20-10-6-3-7-11-20)16-23(27)25-15-18-12-13-21-22(14-18)29-17-28-21/h2-14,24H,15-17H2,1H3,(H,25,27). The molecule has 0 saturated heterocycles. The molecule has 5 heteroatoms. The van der Waals surface area contributed by atoms with Gasteiger partial charge in [-0.15, -0.1) is 0 Å². The Kier molecular flexibility index (Phi) is 5.77. The van der Waals surface area contributed by atoms with Crippen LogP contribution in [0.15, 0.2) is 78.9 Å². The molecule has 0 aromatic heterocycles. The Balaban J connectivity index is 1.42. The van der Waals surface area contributed by atoms with Crippen molar-refractivity contribution >= 4 is 5.91 Å². The van der Waals surface area contributed by atoms with Crippen molar-refractivity contribution in [3.63, 3.8) is 0 Å². The molecule has 0 radical (unpaired) electrons. The number of rotatable bonds is 7. The topological polar surface area (TPSA) is 50.8 Å². The van der Waals surface area contributed by atoms with Gasteiger partial charge in [0.1, 0.15) is 0 Å². The zero-order chi connectivity index (χ0) is 20.1. The van der Waals surface area contributed by atoms with E-state index in [-0.39, 0.29) is 18.7 Å². The summed E-state index contributed by atoms with van der Waals surface area (Å²) in [4.78, 5) is 14.7. The number of benzene rings is 3. The van der Waals surface area contributed by atoms with Crippen LogP contribution < -0.4 is 14.8 Å². The number of carbonyl (C=O) groups is 1. The predicted octanol–water partition coefficient (Wildman–Crippen LogP) is 3.75. The Morgan fingerprint density at radius 1 is 0.931 bits per heavy atom. The first-order valence-corrected chi connectivity index (χ1v) is 9.66. The number of hydrogen-bond donors (Lipinski definition) is 1. The maximum absolute atomic E-state index is 12.6. The van der Waals surface area contributed by atoms with E-state index >= 15 is 0 Å². The number of likely N-dealkylation sites (N-methyl/N-ethyl adjacent to an activating group) is 1. The van der Waals surface area contributed by atoms with Gasteiger partial charge in [-0.25, -0.2) is 0 Å². The summed E-state index contributed by atoms with van der Waals surface area (Å²) in [5.74, 6) is 1.44. The SMILES string of the molecule is CN(CC(=O)NCc1ccc2c(c1)OCO2)C(c1ccccc1)c1ccccc1.